The molecule has 0 fully saturated rings. The molecule has 2 amide bonds. The summed E-state index contributed by atoms with van der Waals surface area (Å²) < 4.78 is 0. The van der Waals surface area contributed by atoms with Gasteiger partial charge in [-0.1, -0.05) is 25.5 Å². The number of hydrogen-bond donors (Lipinski definition) is 2. The van der Waals surface area contributed by atoms with E-state index in [9.17, 15) is 9.59 Å². The molecular weight excluding hydrogens is 256 g/mol. The number of benzene rings is 1. The van der Waals surface area contributed by atoms with E-state index in [1.807, 2.05) is 6.92 Å². The molecule has 20 heavy (non-hydrogen) atoms. The molecule has 0 aliphatic carbocycles. The molecule has 5 nitrogen and oxygen atoms in total. The van der Waals surface area contributed by atoms with Gasteiger partial charge >= 0.3 is 12.0 Å². The van der Waals surface area contributed by atoms with Crippen LogP contribution in [-0.2, 0) is 11.2 Å². The van der Waals surface area contributed by atoms with Gasteiger partial charge in [0.15, 0.2) is 0 Å². The van der Waals surface area contributed by atoms with Gasteiger partial charge < -0.3 is 15.3 Å². The minimum atomic E-state index is -0.866. The highest BCUT2D eigenvalue weighted by atomic mass is 16.4. The SMILES string of the molecule is CCCC(C)N(C)C(=O)Nc1ccc(CC(=O)O)cc1. The van der Waals surface area contributed by atoms with Crippen molar-refractivity contribution in [1.29, 1.82) is 0 Å². The number of carbonyl (C=O) groups excluding carboxylic acids is 1. The van der Waals surface area contributed by atoms with Gasteiger partial charge in [0, 0.05) is 18.8 Å². The number of anilines is 1. The molecule has 0 heterocycles. The number of amides is 2. The topological polar surface area (TPSA) is 69.6 Å². The molecule has 1 aromatic carbocycles. The second kappa shape index (κ2) is 7.53. The van der Waals surface area contributed by atoms with Gasteiger partial charge in [-0.05, 0) is 31.0 Å². The molecule has 0 bridgehead atoms. The van der Waals surface area contributed by atoms with Crippen molar-refractivity contribution in [2.75, 3.05) is 12.4 Å². The minimum Gasteiger partial charge on any atom is -0.481 e. The standard InChI is InChI=1S/C15H22N2O3/c1-4-5-11(2)17(3)15(20)16-13-8-6-12(7-9-13)10-14(18)19/h6-9,11H,4-5,10H2,1-3H3,(H,16,20)(H,18,19). The maximum atomic E-state index is 12.0. The Morgan fingerprint density at radius 2 is 1.90 bits per heavy atom. The van der Waals surface area contributed by atoms with E-state index in [4.69, 9.17) is 5.11 Å². The largest absolute Gasteiger partial charge is 0.481 e. The maximum Gasteiger partial charge on any atom is 0.321 e. The van der Waals surface area contributed by atoms with Crippen molar-refractivity contribution in [2.24, 2.45) is 0 Å². The van der Waals surface area contributed by atoms with Crippen LogP contribution >= 0.6 is 0 Å². The van der Waals surface area contributed by atoms with Crippen molar-refractivity contribution in [2.45, 2.75) is 39.2 Å². The molecule has 0 radical (unpaired) electrons. The first-order chi connectivity index (χ1) is 9.43. The van der Waals surface area contributed by atoms with E-state index in [1.54, 1.807) is 36.2 Å². The van der Waals surface area contributed by atoms with E-state index in [0.717, 1.165) is 12.8 Å². The van der Waals surface area contributed by atoms with Crippen molar-refractivity contribution in [3.63, 3.8) is 0 Å². The minimum absolute atomic E-state index is 0.0122. The highest BCUT2D eigenvalue weighted by molar-refractivity contribution is 5.89. The summed E-state index contributed by atoms with van der Waals surface area (Å²) in [4.78, 5) is 24.3. The monoisotopic (exact) mass is 278 g/mol. The fraction of sp³-hybridized carbons (Fsp3) is 0.467. The predicted octanol–water partition coefficient (Wildman–Crippen LogP) is 2.97. The van der Waals surface area contributed by atoms with Gasteiger partial charge in [-0.25, -0.2) is 4.79 Å². The highest BCUT2D eigenvalue weighted by Gasteiger charge is 2.14. The van der Waals surface area contributed by atoms with Crippen LogP contribution in [0, 0.1) is 0 Å². The number of carboxylic acids is 1. The summed E-state index contributed by atoms with van der Waals surface area (Å²) in [6.07, 6.45) is 1.98. The summed E-state index contributed by atoms with van der Waals surface area (Å²) in [5.74, 6) is -0.866. The molecule has 5 heteroatoms. The first-order valence-corrected chi connectivity index (χ1v) is 6.78. The summed E-state index contributed by atoms with van der Waals surface area (Å²) in [6, 6.07) is 6.88. The first kappa shape index (κ1) is 16.0. The molecule has 1 unspecified atom stereocenters. The molecule has 0 spiro atoms. The van der Waals surface area contributed by atoms with Gasteiger partial charge in [0.25, 0.3) is 0 Å². The van der Waals surface area contributed by atoms with E-state index in [1.165, 1.54) is 0 Å². The quantitative estimate of drug-likeness (QED) is 0.840. The summed E-state index contributed by atoms with van der Waals surface area (Å²) >= 11 is 0. The van der Waals surface area contributed by atoms with Crippen molar-refractivity contribution in [3.8, 4) is 0 Å². The molecular formula is C15H22N2O3. The lowest BCUT2D eigenvalue weighted by atomic mass is 10.1. The summed E-state index contributed by atoms with van der Waals surface area (Å²) in [5.41, 5.74) is 1.38. The second-order valence-corrected chi connectivity index (χ2v) is 4.95. The Balaban J connectivity index is 2.59. The average Bonchev–Trinajstić information content (AvgIpc) is 2.39. The van der Waals surface area contributed by atoms with Crippen molar-refractivity contribution in [1.82, 2.24) is 4.90 Å². The molecule has 0 aliphatic heterocycles. The van der Waals surface area contributed by atoms with Gasteiger partial charge in [-0.2, -0.15) is 0 Å². The van der Waals surface area contributed by atoms with E-state index in [-0.39, 0.29) is 18.5 Å². The number of nitrogens with one attached hydrogen (secondary N) is 1. The van der Waals surface area contributed by atoms with Crippen molar-refractivity contribution < 1.29 is 14.7 Å². The van der Waals surface area contributed by atoms with Crippen LogP contribution in [-0.4, -0.2) is 35.1 Å². The number of aliphatic carboxylic acids is 1. The van der Waals surface area contributed by atoms with Crippen LogP contribution < -0.4 is 5.32 Å². The Hall–Kier alpha value is -2.04. The van der Waals surface area contributed by atoms with Gasteiger partial charge in [-0.3, -0.25) is 4.79 Å². The number of carboxylic acid groups (broad SMARTS) is 1. The number of hydrogen-bond acceptors (Lipinski definition) is 2. The van der Waals surface area contributed by atoms with Gasteiger partial charge in [0.05, 0.1) is 6.42 Å². The smallest absolute Gasteiger partial charge is 0.321 e. The van der Waals surface area contributed by atoms with Crippen LogP contribution in [0.2, 0.25) is 0 Å². The third-order valence-electron chi connectivity index (χ3n) is 3.25. The highest BCUT2D eigenvalue weighted by Crippen LogP contribution is 2.12. The van der Waals surface area contributed by atoms with Crippen LogP contribution in [0.1, 0.15) is 32.3 Å². The van der Waals surface area contributed by atoms with Crippen molar-refractivity contribution >= 4 is 17.7 Å². The average molecular weight is 278 g/mol. The Morgan fingerprint density at radius 1 is 1.30 bits per heavy atom. The number of nitrogens with zero attached hydrogens (tertiary/aromatic N) is 1. The Bertz CT molecular complexity index is 457. The zero-order valence-electron chi connectivity index (χ0n) is 12.2. The molecule has 110 valence electrons. The third kappa shape index (κ3) is 4.91. The van der Waals surface area contributed by atoms with Crippen LogP contribution in [0.15, 0.2) is 24.3 Å². The van der Waals surface area contributed by atoms with Crippen molar-refractivity contribution in [3.05, 3.63) is 29.8 Å². The molecule has 0 aliphatic rings. The third-order valence-corrected chi connectivity index (χ3v) is 3.25. The first-order valence-electron chi connectivity index (χ1n) is 6.78. The molecule has 0 aromatic heterocycles. The number of carbonyl (C=O) groups is 2. The lowest BCUT2D eigenvalue weighted by Gasteiger charge is -2.24. The van der Waals surface area contributed by atoms with Crippen LogP contribution in [0.5, 0.6) is 0 Å². The van der Waals surface area contributed by atoms with E-state index in [2.05, 4.69) is 12.2 Å². The summed E-state index contributed by atoms with van der Waals surface area (Å²) in [7, 11) is 1.77. The molecule has 1 aromatic rings. The summed E-state index contributed by atoms with van der Waals surface area (Å²) in [6.45, 7) is 4.10. The second-order valence-electron chi connectivity index (χ2n) is 4.95. The molecule has 0 saturated carbocycles. The molecule has 2 N–H and O–H groups in total. The Kier molecular flexibility index (Phi) is 6.03. The molecule has 1 rings (SSSR count). The lowest BCUT2D eigenvalue weighted by Crippen LogP contribution is -2.38. The van der Waals surface area contributed by atoms with Gasteiger partial charge in [0.2, 0.25) is 0 Å². The Labute approximate surface area is 119 Å². The maximum absolute atomic E-state index is 12.0. The van der Waals surface area contributed by atoms with Gasteiger partial charge in [-0.15, -0.1) is 0 Å². The zero-order valence-corrected chi connectivity index (χ0v) is 12.2. The number of urea groups is 1. The predicted molar refractivity (Wildman–Crippen MR) is 78.9 cm³/mol. The van der Waals surface area contributed by atoms with E-state index < -0.39 is 5.97 Å². The number of rotatable bonds is 6. The molecule has 1 atom stereocenters. The summed E-state index contributed by atoms with van der Waals surface area (Å²) in [5, 5.41) is 11.5. The van der Waals surface area contributed by atoms with Crippen LogP contribution in [0.4, 0.5) is 10.5 Å². The Morgan fingerprint density at radius 3 is 2.40 bits per heavy atom. The van der Waals surface area contributed by atoms with Crippen LogP contribution in [0.25, 0.3) is 0 Å². The fourth-order valence-corrected chi connectivity index (χ4v) is 1.90. The van der Waals surface area contributed by atoms with Gasteiger partial charge in [0.1, 0.15) is 0 Å². The lowest BCUT2D eigenvalue weighted by molar-refractivity contribution is -0.136. The normalized spacial score (nSPS) is 11.8. The van der Waals surface area contributed by atoms with E-state index in [0.29, 0.717) is 11.3 Å². The molecule has 0 saturated heterocycles. The van der Waals surface area contributed by atoms with Crippen LogP contribution in [0.3, 0.4) is 0 Å². The van der Waals surface area contributed by atoms with E-state index >= 15 is 0 Å². The zero-order chi connectivity index (χ0) is 15.1. The fourth-order valence-electron chi connectivity index (χ4n) is 1.90.